The molecule has 0 radical (unpaired) electrons. The monoisotopic (exact) mass is 378 g/mol. The van der Waals surface area contributed by atoms with Gasteiger partial charge in [-0.05, 0) is 12.1 Å². The van der Waals surface area contributed by atoms with Crippen LogP contribution in [-0.2, 0) is 14.2 Å². The molecular weight excluding hydrogens is 352 g/mol. The molecule has 27 heavy (non-hydrogen) atoms. The summed E-state index contributed by atoms with van der Waals surface area (Å²) in [4.78, 5) is 18.2. The molecule has 0 unspecified atom stereocenters. The van der Waals surface area contributed by atoms with Crippen LogP contribution in [0.5, 0.6) is 0 Å². The number of morpholine rings is 3. The van der Waals surface area contributed by atoms with Crippen LogP contribution in [0.3, 0.4) is 0 Å². The zero-order chi connectivity index (χ0) is 18.6. The maximum Gasteiger partial charge on any atom is 0.315 e. The van der Waals surface area contributed by atoms with Crippen molar-refractivity contribution in [2.75, 3.05) is 93.6 Å². The number of hydrogen-bond donors (Lipinski definition) is 0. The van der Waals surface area contributed by atoms with Crippen LogP contribution in [0.1, 0.15) is 0 Å². The third-order valence-corrected chi connectivity index (χ3v) is 5.32. The van der Waals surface area contributed by atoms with E-state index in [-0.39, 0.29) is 10.6 Å². The molecule has 0 aromatic heterocycles. The van der Waals surface area contributed by atoms with Crippen molar-refractivity contribution in [3.05, 3.63) is 22.2 Å². The van der Waals surface area contributed by atoms with Crippen LogP contribution in [0.2, 0.25) is 0 Å². The first-order chi connectivity index (χ1) is 13.2. The molecule has 0 bridgehead atoms. The highest BCUT2D eigenvalue weighted by Crippen LogP contribution is 2.42. The van der Waals surface area contributed by atoms with Crippen LogP contribution in [0.15, 0.2) is 12.1 Å². The zero-order valence-corrected chi connectivity index (χ0v) is 15.5. The highest BCUT2D eigenvalue weighted by atomic mass is 16.6. The first-order valence-corrected chi connectivity index (χ1v) is 9.54. The Hall–Kier alpha value is -2.10. The van der Waals surface area contributed by atoms with Crippen LogP contribution >= 0.6 is 0 Å². The molecule has 9 nitrogen and oxygen atoms in total. The SMILES string of the molecule is O=[N+]([O-])c1c(N2CCOCC2)cc(N2CCOCC2)cc1N1CCOCC1. The quantitative estimate of drug-likeness (QED) is 0.569. The molecule has 3 aliphatic heterocycles. The molecule has 0 amide bonds. The summed E-state index contributed by atoms with van der Waals surface area (Å²) < 4.78 is 16.4. The molecule has 1 aromatic rings. The van der Waals surface area contributed by atoms with Gasteiger partial charge in [-0.25, -0.2) is 0 Å². The second-order valence-corrected chi connectivity index (χ2v) is 6.89. The van der Waals surface area contributed by atoms with Crippen LogP contribution < -0.4 is 14.7 Å². The summed E-state index contributed by atoms with van der Waals surface area (Å²) in [5, 5.41) is 12.1. The lowest BCUT2D eigenvalue weighted by Crippen LogP contribution is -2.40. The number of ether oxygens (including phenoxy) is 3. The van der Waals surface area contributed by atoms with Gasteiger partial charge >= 0.3 is 5.69 Å². The van der Waals surface area contributed by atoms with E-state index < -0.39 is 0 Å². The van der Waals surface area contributed by atoms with Crippen molar-refractivity contribution in [1.29, 1.82) is 0 Å². The van der Waals surface area contributed by atoms with Gasteiger partial charge in [0.15, 0.2) is 0 Å². The van der Waals surface area contributed by atoms with Gasteiger partial charge in [-0.2, -0.15) is 0 Å². The van der Waals surface area contributed by atoms with Crippen molar-refractivity contribution in [2.24, 2.45) is 0 Å². The second kappa shape index (κ2) is 8.28. The Balaban J connectivity index is 1.79. The summed E-state index contributed by atoms with van der Waals surface area (Å²) in [5.74, 6) is 0. The molecule has 0 spiro atoms. The van der Waals surface area contributed by atoms with Gasteiger partial charge in [0.05, 0.1) is 44.6 Å². The van der Waals surface area contributed by atoms with E-state index in [1.54, 1.807) is 0 Å². The standard InChI is InChI=1S/C18H26N4O5/c23-22(24)18-16(20-3-9-26-10-4-20)13-15(19-1-7-25-8-2-19)14-17(18)21-5-11-27-12-6-21/h13-14H,1-12H2. The minimum absolute atomic E-state index is 0.191. The normalized spacial score (nSPS) is 21.4. The summed E-state index contributed by atoms with van der Waals surface area (Å²) in [6.07, 6.45) is 0. The van der Waals surface area contributed by atoms with Gasteiger partial charge in [-0.1, -0.05) is 0 Å². The van der Waals surface area contributed by atoms with Crippen molar-refractivity contribution in [1.82, 2.24) is 0 Å². The molecule has 3 saturated heterocycles. The number of benzene rings is 1. The lowest BCUT2D eigenvalue weighted by Gasteiger charge is -2.35. The molecule has 3 heterocycles. The molecular formula is C18H26N4O5. The van der Waals surface area contributed by atoms with E-state index in [2.05, 4.69) is 14.7 Å². The third-order valence-electron chi connectivity index (χ3n) is 5.32. The molecule has 0 atom stereocenters. The summed E-state index contributed by atoms with van der Waals surface area (Å²) in [7, 11) is 0. The van der Waals surface area contributed by atoms with Gasteiger partial charge in [0.1, 0.15) is 11.4 Å². The van der Waals surface area contributed by atoms with E-state index in [4.69, 9.17) is 14.2 Å². The second-order valence-electron chi connectivity index (χ2n) is 6.89. The molecule has 0 saturated carbocycles. The predicted molar refractivity (Wildman–Crippen MR) is 102 cm³/mol. The summed E-state index contributed by atoms with van der Waals surface area (Å²) in [6.45, 7) is 7.95. The average molecular weight is 378 g/mol. The minimum Gasteiger partial charge on any atom is -0.378 e. The Morgan fingerprint density at radius 3 is 1.44 bits per heavy atom. The van der Waals surface area contributed by atoms with E-state index in [9.17, 15) is 10.1 Å². The number of nitro benzene ring substituents is 1. The van der Waals surface area contributed by atoms with Crippen molar-refractivity contribution in [2.45, 2.75) is 0 Å². The Morgan fingerprint density at radius 1 is 0.704 bits per heavy atom. The lowest BCUT2D eigenvalue weighted by atomic mass is 10.1. The van der Waals surface area contributed by atoms with Crippen LogP contribution in [0, 0.1) is 10.1 Å². The fraction of sp³-hybridized carbons (Fsp3) is 0.667. The highest BCUT2D eigenvalue weighted by Gasteiger charge is 2.31. The topological polar surface area (TPSA) is 80.5 Å². The molecule has 3 aliphatic rings. The van der Waals surface area contributed by atoms with E-state index in [0.717, 1.165) is 18.8 Å². The van der Waals surface area contributed by atoms with Crippen LogP contribution in [0.25, 0.3) is 0 Å². The number of anilines is 3. The summed E-state index contributed by atoms with van der Waals surface area (Å²) >= 11 is 0. The van der Waals surface area contributed by atoms with Crippen molar-refractivity contribution < 1.29 is 19.1 Å². The fourth-order valence-corrected chi connectivity index (χ4v) is 3.87. The number of hydrogen-bond acceptors (Lipinski definition) is 8. The van der Waals surface area contributed by atoms with E-state index in [1.807, 2.05) is 12.1 Å². The first-order valence-electron chi connectivity index (χ1n) is 9.54. The summed E-state index contributed by atoms with van der Waals surface area (Å²) in [5.41, 5.74) is 2.59. The number of nitrogens with zero attached hydrogens (tertiary/aromatic N) is 4. The predicted octanol–water partition coefficient (Wildman–Crippen LogP) is 1.10. The van der Waals surface area contributed by atoms with Crippen molar-refractivity contribution in [3.63, 3.8) is 0 Å². The first kappa shape index (κ1) is 18.3. The number of nitro groups is 1. The van der Waals surface area contributed by atoms with E-state index >= 15 is 0 Å². The van der Waals surface area contributed by atoms with Gasteiger partial charge in [0, 0.05) is 45.0 Å². The smallest absolute Gasteiger partial charge is 0.315 e. The fourth-order valence-electron chi connectivity index (χ4n) is 3.87. The van der Waals surface area contributed by atoms with E-state index in [0.29, 0.717) is 77.2 Å². The van der Waals surface area contributed by atoms with Gasteiger partial charge in [0.25, 0.3) is 0 Å². The van der Waals surface area contributed by atoms with Crippen molar-refractivity contribution in [3.8, 4) is 0 Å². The van der Waals surface area contributed by atoms with Gasteiger partial charge < -0.3 is 28.9 Å². The van der Waals surface area contributed by atoms with Crippen LogP contribution in [0.4, 0.5) is 22.7 Å². The highest BCUT2D eigenvalue weighted by molar-refractivity contribution is 5.83. The van der Waals surface area contributed by atoms with Crippen molar-refractivity contribution >= 4 is 22.7 Å². The third kappa shape index (κ3) is 3.95. The molecule has 0 N–H and O–H groups in total. The Kier molecular flexibility index (Phi) is 5.61. The largest absolute Gasteiger partial charge is 0.378 e. The lowest BCUT2D eigenvalue weighted by molar-refractivity contribution is -0.383. The molecule has 4 rings (SSSR count). The van der Waals surface area contributed by atoms with Gasteiger partial charge in [-0.15, -0.1) is 0 Å². The molecule has 3 fully saturated rings. The maximum atomic E-state index is 12.1. The minimum atomic E-state index is -0.237. The Morgan fingerprint density at radius 2 is 1.07 bits per heavy atom. The molecule has 1 aromatic carbocycles. The Labute approximate surface area is 158 Å². The van der Waals surface area contributed by atoms with Crippen LogP contribution in [-0.4, -0.2) is 83.8 Å². The maximum absolute atomic E-state index is 12.1. The molecule has 9 heteroatoms. The van der Waals surface area contributed by atoms with Gasteiger partial charge in [-0.3, -0.25) is 10.1 Å². The molecule has 148 valence electrons. The zero-order valence-electron chi connectivity index (χ0n) is 15.5. The summed E-state index contributed by atoms with van der Waals surface area (Å²) in [6, 6.07) is 3.94. The van der Waals surface area contributed by atoms with E-state index in [1.165, 1.54) is 0 Å². The average Bonchev–Trinajstić information content (AvgIpc) is 2.74. The van der Waals surface area contributed by atoms with Gasteiger partial charge in [0.2, 0.25) is 0 Å². The number of rotatable bonds is 4. The Bertz CT molecular complexity index is 629. The molecule has 0 aliphatic carbocycles.